The molecule has 0 radical (unpaired) electrons. The third-order valence-corrected chi connectivity index (χ3v) is 4.89. The lowest BCUT2D eigenvalue weighted by atomic mass is 10.3. The van der Waals surface area contributed by atoms with E-state index in [1.165, 1.54) is 15.3 Å². The molecule has 0 saturated carbocycles. The van der Waals surface area contributed by atoms with Crippen molar-refractivity contribution >= 4 is 27.6 Å². The predicted molar refractivity (Wildman–Crippen MR) is 77.4 cm³/mol. The summed E-state index contributed by atoms with van der Waals surface area (Å²) in [5.74, 6) is 0. The lowest BCUT2D eigenvalue weighted by Gasteiger charge is -1.99. The molecule has 0 aliphatic carbocycles. The van der Waals surface area contributed by atoms with E-state index in [9.17, 15) is 0 Å². The van der Waals surface area contributed by atoms with Crippen molar-refractivity contribution in [3.63, 3.8) is 0 Å². The molecular weight excluding hydrogens is 262 g/mol. The van der Waals surface area contributed by atoms with Crippen molar-refractivity contribution in [2.75, 3.05) is 0 Å². The van der Waals surface area contributed by atoms with Gasteiger partial charge in [-0.05, 0) is 25.5 Å². The second kappa shape index (κ2) is 4.84. The highest BCUT2D eigenvalue weighted by molar-refractivity contribution is 7.15. The summed E-state index contributed by atoms with van der Waals surface area (Å²) in [6.45, 7) is 6.08. The molecule has 3 aromatic rings. The Balaban J connectivity index is 1.60. The molecule has 0 aliphatic rings. The number of rotatable bonds is 4. The Hall–Kier alpha value is -1.17. The number of thiophene rings is 1. The van der Waals surface area contributed by atoms with Crippen LogP contribution in [0.5, 0.6) is 0 Å². The maximum absolute atomic E-state index is 4.55. The molecule has 3 nitrogen and oxygen atoms in total. The molecule has 18 heavy (non-hydrogen) atoms. The summed E-state index contributed by atoms with van der Waals surface area (Å²) in [5.41, 5.74) is 2.49. The van der Waals surface area contributed by atoms with Crippen LogP contribution in [0.15, 0.2) is 23.8 Å². The van der Waals surface area contributed by atoms with Gasteiger partial charge in [0.2, 0.25) is 0 Å². The van der Waals surface area contributed by atoms with Gasteiger partial charge in [-0.2, -0.15) is 0 Å². The molecule has 3 rings (SSSR count). The summed E-state index contributed by atoms with van der Waals surface area (Å²) >= 11 is 3.54. The largest absolute Gasteiger partial charge is 0.306 e. The van der Waals surface area contributed by atoms with E-state index in [4.69, 9.17) is 0 Å². The Kier molecular flexibility index (Phi) is 3.20. The van der Waals surface area contributed by atoms with E-state index in [1.54, 1.807) is 11.3 Å². The first-order valence-corrected chi connectivity index (χ1v) is 7.60. The van der Waals surface area contributed by atoms with E-state index in [0.29, 0.717) is 0 Å². The van der Waals surface area contributed by atoms with Crippen LogP contribution in [0, 0.1) is 13.8 Å². The first-order chi connectivity index (χ1) is 8.72. The Labute approximate surface area is 114 Å². The Morgan fingerprint density at radius 1 is 1.33 bits per heavy atom. The van der Waals surface area contributed by atoms with E-state index in [0.717, 1.165) is 23.7 Å². The third-order valence-electron chi connectivity index (χ3n) is 2.97. The van der Waals surface area contributed by atoms with Gasteiger partial charge >= 0.3 is 0 Å². The number of nitrogens with one attached hydrogen (secondary N) is 1. The summed E-state index contributed by atoms with van der Waals surface area (Å²) in [6.07, 6.45) is 4.13. The number of aryl methyl sites for hydroxylation is 2. The first kappa shape index (κ1) is 11.9. The van der Waals surface area contributed by atoms with Gasteiger partial charge in [-0.1, -0.05) is 0 Å². The lowest BCUT2D eigenvalue weighted by Crippen LogP contribution is -2.11. The number of imidazole rings is 1. The van der Waals surface area contributed by atoms with Crippen molar-refractivity contribution in [1.29, 1.82) is 0 Å². The van der Waals surface area contributed by atoms with Crippen molar-refractivity contribution in [3.05, 3.63) is 44.9 Å². The molecule has 0 aliphatic heterocycles. The Bertz CT molecular complexity index is 615. The molecule has 0 unspecified atom stereocenters. The topological polar surface area (TPSA) is 29.3 Å². The maximum Gasteiger partial charge on any atom is 0.193 e. The lowest BCUT2D eigenvalue weighted by molar-refractivity contribution is 0.690. The van der Waals surface area contributed by atoms with Gasteiger partial charge in [0.25, 0.3) is 0 Å². The summed E-state index contributed by atoms with van der Waals surface area (Å²) in [7, 11) is 0. The predicted octanol–water partition coefficient (Wildman–Crippen LogP) is 3.36. The molecule has 94 valence electrons. The van der Waals surface area contributed by atoms with E-state index in [1.807, 2.05) is 17.5 Å². The zero-order valence-corrected chi connectivity index (χ0v) is 12.1. The second-order valence-corrected chi connectivity index (χ2v) is 6.59. The molecule has 0 fully saturated rings. The smallest absolute Gasteiger partial charge is 0.193 e. The van der Waals surface area contributed by atoms with Gasteiger partial charge in [-0.3, -0.25) is 4.40 Å². The van der Waals surface area contributed by atoms with Crippen LogP contribution in [0.1, 0.15) is 21.0 Å². The van der Waals surface area contributed by atoms with Crippen molar-refractivity contribution < 1.29 is 0 Å². The summed E-state index contributed by atoms with van der Waals surface area (Å²) in [6, 6.07) is 2.26. The number of hydrogen-bond donors (Lipinski definition) is 1. The van der Waals surface area contributed by atoms with Gasteiger partial charge in [0.1, 0.15) is 0 Å². The molecular formula is C13H15N3S2. The standard InChI is InChI=1S/C13H15N3S2/c1-9-5-12(18-10(9)2)7-14-6-11-8-16-3-4-17-13(16)15-11/h3-5,8,14H,6-7H2,1-2H3. The zero-order valence-electron chi connectivity index (χ0n) is 10.4. The van der Waals surface area contributed by atoms with E-state index < -0.39 is 0 Å². The minimum Gasteiger partial charge on any atom is -0.306 e. The van der Waals surface area contributed by atoms with Crippen LogP contribution >= 0.6 is 22.7 Å². The fraction of sp³-hybridized carbons (Fsp3) is 0.308. The van der Waals surface area contributed by atoms with Crippen molar-refractivity contribution in [2.24, 2.45) is 0 Å². The average Bonchev–Trinajstić information content (AvgIpc) is 2.95. The molecule has 0 amide bonds. The number of hydrogen-bond acceptors (Lipinski definition) is 4. The van der Waals surface area contributed by atoms with Crippen LogP contribution in [0.2, 0.25) is 0 Å². The molecule has 5 heteroatoms. The molecule has 0 atom stereocenters. The molecule has 1 N–H and O–H groups in total. The van der Waals surface area contributed by atoms with Gasteiger partial charge < -0.3 is 5.32 Å². The third kappa shape index (κ3) is 2.34. The zero-order chi connectivity index (χ0) is 12.5. The number of thiazole rings is 1. The van der Waals surface area contributed by atoms with Crippen LogP contribution < -0.4 is 5.32 Å². The molecule has 0 aromatic carbocycles. The quantitative estimate of drug-likeness (QED) is 0.792. The molecule has 3 aromatic heterocycles. The maximum atomic E-state index is 4.55. The number of fused-ring (bicyclic) bond motifs is 1. The molecule has 3 heterocycles. The normalized spacial score (nSPS) is 11.4. The summed E-state index contributed by atoms with van der Waals surface area (Å²) in [4.78, 5) is 8.42. The fourth-order valence-electron chi connectivity index (χ4n) is 1.91. The van der Waals surface area contributed by atoms with E-state index in [-0.39, 0.29) is 0 Å². The van der Waals surface area contributed by atoms with Gasteiger partial charge in [0.05, 0.1) is 5.69 Å². The number of aromatic nitrogens is 2. The highest BCUT2D eigenvalue weighted by Crippen LogP contribution is 2.20. The molecule has 0 saturated heterocycles. The fourth-order valence-corrected chi connectivity index (χ4v) is 3.65. The molecule has 0 spiro atoms. The van der Waals surface area contributed by atoms with E-state index >= 15 is 0 Å². The van der Waals surface area contributed by atoms with Crippen LogP contribution in [0.25, 0.3) is 4.96 Å². The van der Waals surface area contributed by atoms with Gasteiger partial charge in [-0.15, -0.1) is 22.7 Å². The van der Waals surface area contributed by atoms with Crippen LogP contribution in [0.4, 0.5) is 0 Å². The average molecular weight is 277 g/mol. The minimum atomic E-state index is 0.824. The first-order valence-electron chi connectivity index (χ1n) is 5.90. The molecule has 0 bridgehead atoms. The number of nitrogens with zero attached hydrogens (tertiary/aromatic N) is 2. The minimum absolute atomic E-state index is 0.824. The highest BCUT2D eigenvalue weighted by Gasteiger charge is 2.04. The van der Waals surface area contributed by atoms with Crippen molar-refractivity contribution in [3.8, 4) is 0 Å². The van der Waals surface area contributed by atoms with Crippen LogP contribution in [-0.2, 0) is 13.1 Å². The van der Waals surface area contributed by atoms with Gasteiger partial charge in [0, 0.05) is 40.6 Å². The van der Waals surface area contributed by atoms with Gasteiger partial charge in [-0.25, -0.2) is 4.98 Å². The summed E-state index contributed by atoms with van der Waals surface area (Å²) in [5, 5.41) is 5.50. The Morgan fingerprint density at radius 2 is 2.22 bits per heavy atom. The van der Waals surface area contributed by atoms with Crippen molar-refractivity contribution in [2.45, 2.75) is 26.9 Å². The monoisotopic (exact) mass is 277 g/mol. The van der Waals surface area contributed by atoms with E-state index in [2.05, 4.69) is 46.2 Å². The second-order valence-electron chi connectivity index (χ2n) is 4.38. The van der Waals surface area contributed by atoms with Gasteiger partial charge in [0.15, 0.2) is 4.96 Å². The SMILES string of the molecule is Cc1cc(CNCc2cn3ccsc3n2)sc1C. The Morgan fingerprint density at radius 3 is 2.94 bits per heavy atom. The van der Waals surface area contributed by atoms with Crippen LogP contribution in [0.3, 0.4) is 0 Å². The summed E-state index contributed by atoms with van der Waals surface area (Å²) < 4.78 is 2.07. The van der Waals surface area contributed by atoms with Crippen molar-refractivity contribution in [1.82, 2.24) is 14.7 Å². The van der Waals surface area contributed by atoms with Crippen LogP contribution in [-0.4, -0.2) is 9.38 Å². The highest BCUT2D eigenvalue weighted by atomic mass is 32.1.